The molecule has 0 aromatic heterocycles. The van der Waals surface area contributed by atoms with Crippen LogP contribution >= 0.6 is 0 Å². The molecule has 3 aliphatic rings. The molecular weight excluding hydrogens is 410 g/mol. The van der Waals surface area contributed by atoms with Crippen molar-refractivity contribution in [2.24, 2.45) is 11.3 Å². The van der Waals surface area contributed by atoms with Crippen LogP contribution < -0.4 is 10.1 Å². The molecule has 0 bridgehead atoms. The van der Waals surface area contributed by atoms with E-state index in [0.717, 1.165) is 6.42 Å². The standard InChI is InChI=1S/C24H31N3O5/c1-17-9-14-32-20(17)22(29)27-15-24(16-27)10-5-6-13-31-19-8-4-3-7-18(19)21(28)25-11-12-26(2)23(24)30/h3-8,17,20H,9-16H2,1-2H3,(H,25,28)/b6-5+/t17-,20+/m1/s1. The van der Waals surface area contributed by atoms with E-state index in [1.54, 1.807) is 35.0 Å². The van der Waals surface area contributed by atoms with Crippen LogP contribution in [0.3, 0.4) is 0 Å². The maximum atomic E-state index is 13.3. The fourth-order valence-electron chi connectivity index (χ4n) is 4.62. The smallest absolute Gasteiger partial charge is 0.255 e. The highest BCUT2D eigenvalue weighted by atomic mass is 16.5. The number of carbonyl (C=O) groups excluding carboxylic acids is 3. The summed E-state index contributed by atoms with van der Waals surface area (Å²) in [7, 11) is 1.75. The fourth-order valence-corrected chi connectivity index (χ4v) is 4.62. The number of ether oxygens (including phenoxy) is 2. The van der Waals surface area contributed by atoms with E-state index in [4.69, 9.17) is 9.47 Å². The summed E-state index contributed by atoms with van der Waals surface area (Å²) in [6, 6.07) is 7.11. The van der Waals surface area contributed by atoms with E-state index in [-0.39, 0.29) is 23.6 Å². The fraction of sp³-hybridized carbons (Fsp3) is 0.542. The van der Waals surface area contributed by atoms with E-state index in [1.165, 1.54) is 0 Å². The van der Waals surface area contributed by atoms with Crippen molar-refractivity contribution in [3.05, 3.63) is 42.0 Å². The van der Waals surface area contributed by atoms with Crippen molar-refractivity contribution in [3.8, 4) is 5.75 Å². The second kappa shape index (κ2) is 9.32. The summed E-state index contributed by atoms with van der Waals surface area (Å²) in [6.45, 7) is 4.40. The van der Waals surface area contributed by atoms with Crippen LogP contribution in [0.4, 0.5) is 0 Å². The number of likely N-dealkylation sites (N-methyl/N-ethyl adjacent to an activating group) is 1. The van der Waals surface area contributed by atoms with E-state index in [9.17, 15) is 14.4 Å². The number of hydrogen-bond donors (Lipinski definition) is 1. The van der Waals surface area contributed by atoms with Crippen molar-refractivity contribution in [1.82, 2.24) is 15.1 Å². The Morgan fingerprint density at radius 1 is 1.19 bits per heavy atom. The third-order valence-electron chi connectivity index (χ3n) is 6.60. The molecule has 0 aliphatic carbocycles. The largest absolute Gasteiger partial charge is 0.489 e. The van der Waals surface area contributed by atoms with Crippen LogP contribution in [-0.2, 0) is 14.3 Å². The van der Waals surface area contributed by atoms with Gasteiger partial charge in [0.05, 0.1) is 11.0 Å². The Labute approximate surface area is 188 Å². The van der Waals surface area contributed by atoms with Crippen molar-refractivity contribution in [1.29, 1.82) is 0 Å². The quantitative estimate of drug-likeness (QED) is 0.667. The summed E-state index contributed by atoms with van der Waals surface area (Å²) in [5, 5.41) is 2.86. The Hall–Kier alpha value is -2.87. The maximum absolute atomic E-state index is 13.3. The normalized spacial score (nSPS) is 27.1. The lowest BCUT2D eigenvalue weighted by Crippen LogP contribution is -2.66. The van der Waals surface area contributed by atoms with Gasteiger partial charge in [0.25, 0.3) is 11.8 Å². The zero-order valence-corrected chi connectivity index (χ0v) is 18.7. The highest BCUT2D eigenvalue weighted by Crippen LogP contribution is 2.38. The first-order valence-corrected chi connectivity index (χ1v) is 11.2. The van der Waals surface area contributed by atoms with Crippen LogP contribution in [0.2, 0.25) is 0 Å². The molecule has 2 fully saturated rings. The average molecular weight is 442 g/mol. The number of benzene rings is 1. The van der Waals surface area contributed by atoms with Gasteiger partial charge in [-0.25, -0.2) is 0 Å². The van der Waals surface area contributed by atoms with Gasteiger partial charge in [0.2, 0.25) is 5.91 Å². The lowest BCUT2D eigenvalue weighted by molar-refractivity contribution is -0.165. The molecule has 3 amide bonds. The molecule has 32 heavy (non-hydrogen) atoms. The molecule has 2 atom stereocenters. The molecule has 172 valence electrons. The lowest BCUT2D eigenvalue weighted by atomic mass is 9.74. The zero-order chi connectivity index (χ0) is 22.7. The Bertz CT molecular complexity index is 909. The molecule has 1 N–H and O–H groups in total. The van der Waals surface area contributed by atoms with E-state index >= 15 is 0 Å². The summed E-state index contributed by atoms with van der Waals surface area (Å²) < 4.78 is 11.4. The summed E-state index contributed by atoms with van der Waals surface area (Å²) in [5.41, 5.74) is -0.186. The van der Waals surface area contributed by atoms with Crippen LogP contribution in [0.25, 0.3) is 0 Å². The number of likely N-dealkylation sites (tertiary alicyclic amines) is 1. The van der Waals surface area contributed by atoms with E-state index < -0.39 is 11.5 Å². The average Bonchev–Trinajstić information content (AvgIpc) is 3.19. The molecule has 3 aliphatic heterocycles. The SMILES string of the molecule is C[C@@H]1CCO[C@@H]1C(=O)N1CC2(C/C=C/COc3ccccc3C(=O)NCCN(C)C2=O)C1. The maximum Gasteiger partial charge on any atom is 0.255 e. The van der Waals surface area contributed by atoms with Crippen molar-refractivity contribution in [2.45, 2.75) is 25.9 Å². The van der Waals surface area contributed by atoms with Gasteiger partial charge in [0, 0.05) is 39.8 Å². The number of amides is 3. The monoisotopic (exact) mass is 441 g/mol. The molecule has 1 spiro atoms. The number of rotatable bonds is 1. The highest BCUT2D eigenvalue weighted by Gasteiger charge is 2.53. The molecule has 2 saturated heterocycles. The highest BCUT2D eigenvalue weighted by molar-refractivity contribution is 5.97. The third kappa shape index (κ3) is 4.37. The summed E-state index contributed by atoms with van der Waals surface area (Å²) in [5.74, 6) is 0.455. The number of fused-ring (bicyclic) bond motifs is 1. The van der Waals surface area contributed by atoms with Gasteiger partial charge < -0.3 is 24.6 Å². The molecule has 1 aromatic rings. The van der Waals surface area contributed by atoms with E-state index in [2.05, 4.69) is 5.32 Å². The molecular formula is C24H31N3O5. The topological polar surface area (TPSA) is 88.2 Å². The van der Waals surface area contributed by atoms with Crippen molar-refractivity contribution >= 4 is 17.7 Å². The van der Waals surface area contributed by atoms with Gasteiger partial charge >= 0.3 is 0 Å². The first kappa shape index (κ1) is 22.3. The molecule has 8 nitrogen and oxygen atoms in total. The predicted octanol–water partition coefficient (Wildman–Crippen LogP) is 1.47. The Kier molecular flexibility index (Phi) is 6.50. The third-order valence-corrected chi connectivity index (χ3v) is 6.60. The summed E-state index contributed by atoms with van der Waals surface area (Å²) >= 11 is 0. The zero-order valence-electron chi connectivity index (χ0n) is 18.7. The van der Waals surface area contributed by atoms with E-state index in [0.29, 0.717) is 57.1 Å². The molecule has 0 saturated carbocycles. The van der Waals surface area contributed by atoms with E-state index in [1.807, 2.05) is 25.1 Å². The second-order valence-electron chi connectivity index (χ2n) is 9.00. The van der Waals surface area contributed by atoms with Crippen LogP contribution in [0.5, 0.6) is 5.75 Å². The number of nitrogens with one attached hydrogen (secondary N) is 1. The Morgan fingerprint density at radius 2 is 1.97 bits per heavy atom. The van der Waals surface area contributed by atoms with Crippen LogP contribution in [0.1, 0.15) is 30.1 Å². The molecule has 0 unspecified atom stereocenters. The van der Waals surface area contributed by atoms with Gasteiger partial charge in [-0.3, -0.25) is 14.4 Å². The van der Waals surface area contributed by atoms with Gasteiger partial charge in [-0.1, -0.05) is 31.2 Å². The van der Waals surface area contributed by atoms with Crippen LogP contribution in [0.15, 0.2) is 36.4 Å². The van der Waals surface area contributed by atoms with Gasteiger partial charge in [0.1, 0.15) is 18.5 Å². The van der Waals surface area contributed by atoms with Crippen molar-refractivity contribution < 1.29 is 23.9 Å². The van der Waals surface area contributed by atoms with Crippen molar-refractivity contribution in [2.75, 3.05) is 46.4 Å². The van der Waals surface area contributed by atoms with Crippen molar-refractivity contribution in [3.63, 3.8) is 0 Å². The number of carbonyl (C=O) groups is 3. The molecule has 3 heterocycles. The minimum absolute atomic E-state index is 0.0146. The number of para-hydroxylation sites is 1. The van der Waals surface area contributed by atoms with Crippen LogP contribution in [0, 0.1) is 11.3 Å². The second-order valence-corrected chi connectivity index (χ2v) is 9.00. The van der Waals surface area contributed by atoms with Crippen LogP contribution in [-0.4, -0.2) is 80.1 Å². The number of allylic oxidation sites excluding steroid dienone is 1. The first-order chi connectivity index (χ1) is 15.4. The molecule has 0 radical (unpaired) electrons. The number of hydrogen-bond acceptors (Lipinski definition) is 5. The Morgan fingerprint density at radius 3 is 2.72 bits per heavy atom. The Balaban J connectivity index is 1.48. The molecule has 4 rings (SSSR count). The van der Waals surface area contributed by atoms with Gasteiger partial charge in [0.15, 0.2) is 0 Å². The molecule has 8 heteroatoms. The minimum Gasteiger partial charge on any atom is -0.489 e. The van der Waals surface area contributed by atoms with Gasteiger partial charge in [-0.2, -0.15) is 0 Å². The summed E-state index contributed by atoms with van der Waals surface area (Å²) in [4.78, 5) is 42.1. The van der Waals surface area contributed by atoms with Gasteiger partial charge in [-0.05, 0) is 30.9 Å². The number of nitrogens with zero attached hydrogens (tertiary/aromatic N) is 2. The summed E-state index contributed by atoms with van der Waals surface area (Å²) in [6.07, 6.45) is 4.81. The lowest BCUT2D eigenvalue weighted by Gasteiger charge is -2.50. The predicted molar refractivity (Wildman–Crippen MR) is 118 cm³/mol. The first-order valence-electron chi connectivity index (χ1n) is 11.2. The van der Waals surface area contributed by atoms with Gasteiger partial charge in [-0.15, -0.1) is 0 Å². The molecule has 1 aromatic carbocycles. The minimum atomic E-state index is -0.658.